The van der Waals surface area contributed by atoms with Crippen molar-refractivity contribution in [1.82, 2.24) is 98.4 Å². The summed E-state index contributed by atoms with van der Waals surface area (Å²) in [6.45, 7) is 25.1. The summed E-state index contributed by atoms with van der Waals surface area (Å²) in [5, 5.41) is 11.1. The molecule has 0 saturated heterocycles. The number of aromatic nitrogens is 16. The normalized spacial score (nSPS) is 14.3. The predicted molar refractivity (Wildman–Crippen MR) is 478 cm³/mol. The Morgan fingerprint density at radius 2 is 0.609 bits per heavy atom. The maximum atomic E-state index is 13.3. The van der Waals surface area contributed by atoms with E-state index in [2.05, 4.69) is 85.0 Å². The van der Waals surface area contributed by atoms with E-state index in [1.807, 2.05) is 92.7 Å². The number of aromatic amines is 4. The first-order chi connectivity index (χ1) is 60.8. The Hall–Kier alpha value is -11.9. The average Bonchev–Trinajstić information content (AvgIpc) is 1.67. The van der Waals surface area contributed by atoms with Crippen molar-refractivity contribution >= 4 is 127 Å². The Morgan fingerprint density at radius 1 is 0.383 bits per heavy atom. The predicted octanol–water partition coefficient (Wildman–Crippen LogP) is 7.78. The Kier molecular flexibility index (Phi) is 36.4. The zero-order valence-corrected chi connectivity index (χ0v) is 75.4. The van der Waals surface area contributed by atoms with Gasteiger partial charge in [0.25, 0.3) is 52.3 Å². The van der Waals surface area contributed by atoms with Crippen LogP contribution >= 0.6 is 30.1 Å². The number of carbonyl (C=O) groups excluding carboxylic acids is 4. The average molecular weight is 1850 g/mol. The first-order valence-electron chi connectivity index (χ1n) is 39.6. The second-order valence-electron chi connectivity index (χ2n) is 29.3. The van der Waals surface area contributed by atoms with Crippen molar-refractivity contribution in [2.75, 3.05) is 74.8 Å². The molecule has 0 aliphatic heterocycles. The SMILES string of the molecule is CC(=O)C(C)NP(=O)(COCCn1cnc2c(=O)[nH]c(N)nc21)OCc1ccc(C)cc1.CC(=O)C(C)NP(=O)(COCCn1cnc2c(=O)[nH]c(N)nc21)OCc1ccc(C)cc1.CC(=O)[C@H](C)NP(=O)(COCCn1cnc2c(=O)[nH]c(N)nc21)OCc1ccccc1.[C-]#[N+]c1ccc(COP(=O)(COCCn2cnc3c(=O)[nH]c(N)nc32)NC(C)C(C)=O)cc1. The minimum atomic E-state index is -3.55. The Bertz CT molecular complexity index is 6130. The molecule has 0 saturated carbocycles. The summed E-state index contributed by atoms with van der Waals surface area (Å²) in [6, 6.07) is 28.6. The minimum absolute atomic E-state index is 0.00861. The lowest BCUT2D eigenvalue weighted by atomic mass is 10.2. The van der Waals surface area contributed by atoms with Crippen LogP contribution in [0.15, 0.2) is 148 Å². The molecule has 45 nitrogen and oxygen atoms in total. The molecule has 128 heavy (non-hydrogen) atoms. The van der Waals surface area contributed by atoms with Crippen LogP contribution in [0.3, 0.4) is 0 Å². The Labute approximate surface area is 732 Å². The molecular weight excluding hydrogens is 1740 g/mol. The van der Waals surface area contributed by atoms with Gasteiger partial charge in [-0.1, -0.05) is 114 Å². The molecule has 4 aromatic carbocycles. The number of benzene rings is 4. The van der Waals surface area contributed by atoms with Crippen LogP contribution in [-0.4, -0.2) is 177 Å². The van der Waals surface area contributed by atoms with Crippen molar-refractivity contribution in [3.63, 3.8) is 0 Å². The molecule has 8 heterocycles. The van der Waals surface area contributed by atoms with Crippen molar-refractivity contribution in [2.24, 2.45) is 0 Å². The number of hydrogen-bond donors (Lipinski definition) is 12. The summed E-state index contributed by atoms with van der Waals surface area (Å²) in [5.74, 6) is -0.753. The number of nitrogens with two attached hydrogens (primary N) is 4. The summed E-state index contributed by atoms with van der Waals surface area (Å²) in [5.41, 5.74) is 28.6. The standard InChI is InChI=1S/C20H24N7O5P.2C20H27N6O5P.C19H25N6O5P/c1-13(14(2)28)26-33(30,32-10-15-4-6-16(22-3)7-5-15)12-31-9-8-27-11-23-17-18(27)24-20(21)25-19(17)29;2*1-13-4-6-16(7-5-13)10-31-32(29,25-14(2)15(3)27)12-30-9-8-26-11-22-17-18(26)23-20(21)24-19(17)28;1-13(14(2)26)24-31(28,30-10-15-6-4-3-5-7-15)12-29-9-8-25-11-21-16-17(25)22-19(20)23-18(16)27/h4-7,11,13H,8-10,12H2,1-2H3,(H,26,30)(H3,21,24,25,29);2*4-7,11,14H,8-10,12H2,1-3H3,(H,25,29)(H3,21,23,24,28);3-7,11,13H,8-10,12H2,1-2H3,(H,24,28)(H3,20,22,23,27)/t;;;13-,31?/m...0/s1. The summed E-state index contributed by atoms with van der Waals surface area (Å²) >= 11 is 0. The van der Waals surface area contributed by atoms with E-state index in [1.165, 1.54) is 53.0 Å². The fourth-order valence-corrected chi connectivity index (χ4v) is 18.1. The number of fused-ring (bicyclic) bond motifs is 4. The van der Waals surface area contributed by atoms with Gasteiger partial charge in [0.05, 0.1) is 109 Å². The Morgan fingerprint density at radius 3 is 0.836 bits per heavy atom. The number of anilines is 4. The molecule has 0 aliphatic rings. The van der Waals surface area contributed by atoms with Gasteiger partial charge in [-0.2, -0.15) is 19.9 Å². The second kappa shape index (κ2) is 46.7. The first kappa shape index (κ1) is 99.9. The van der Waals surface area contributed by atoms with Gasteiger partial charge in [-0.05, 0) is 91.5 Å². The number of nitrogens with zero attached hydrogens (tertiary/aromatic N) is 13. The van der Waals surface area contributed by atoms with Crippen molar-refractivity contribution in [2.45, 2.75) is 146 Å². The molecular formula is C79H103N25O20P4. The number of ether oxygens (including phenoxy) is 4. The molecule has 12 rings (SSSR count). The van der Waals surface area contributed by atoms with E-state index in [4.69, 9.17) is 66.5 Å². The molecule has 0 aliphatic carbocycles. The van der Waals surface area contributed by atoms with E-state index in [0.29, 0.717) is 47.9 Å². The van der Waals surface area contributed by atoms with Gasteiger partial charge in [-0.15, -0.1) is 0 Å². The molecule has 8 atom stereocenters. The number of H-pyrrole nitrogens is 4. The van der Waals surface area contributed by atoms with Gasteiger partial charge in [0.2, 0.25) is 23.8 Å². The van der Waals surface area contributed by atoms with E-state index in [1.54, 1.807) is 70.2 Å². The van der Waals surface area contributed by atoms with E-state index in [9.17, 15) is 56.6 Å². The van der Waals surface area contributed by atoms with Gasteiger partial charge < -0.3 is 78.2 Å². The van der Waals surface area contributed by atoms with Crippen molar-refractivity contribution in [3.8, 4) is 0 Å². The molecule has 684 valence electrons. The number of ketones is 4. The van der Waals surface area contributed by atoms with Crippen LogP contribution < -0.4 is 65.5 Å². The molecule has 0 bridgehead atoms. The van der Waals surface area contributed by atoms with Crippen LogP contribution in [0.4, 0.5) is 29.5 Å². The van der Waals surface area contributed by atoms with Crippen molar-refractivity contribution in [1.29, 1.82) is 0 Å². The number of nitrogen functional groups attached to an aromatic ring is 4. The summed E-state index contributed by atoms with van der Waals surface area (Å²) < 4.78 is 105. The maximum absolute atomic E-state index is 13.3. The van der Waals surface area contributed by atoms with Gasteiger partial charge in [-0.25, -0.2) is 45.1 Å². The van der Waals surface area contributed by atoms with Gasteiger partial charge in [0.15, 0.2) is 50.3 Å². The van der Waals surface area contributed by atoms with Gasteiger partial charge in [0.1, 0.15) is 48.5 Å². The molecule has 0 amide bonds. The topological polar surface area (TPSA) is 621 Å². The van der Waals surface area contributed by atoms with E-state index in [0.717, 1.165) is 33.4 Å². The zero-order chi connectivity index (χ0) is 93.0. The first-order valence-corrected chi connectivity index (χ1v) is 46.9. The third kappa shape index (κ3) is 30.1. The second-order valence-corrected chi connectivity index (χ2v) is 37.7. The summed E-state index contributed by atoms with van der Waals surface area (Å²) in [7, 11) is -14.0. The van der Waals surface area contributed by atoms with E-state index >= 15 is 0 Å². The van der Waals surface area contributed by atoms with Gasteiger partial charge in [0, 0.05) is 26.2 Å². The molecule has 12 aromatic rings. The lowest BCUT2D eigenvalue weighted by Gasteiger charge is -2.22. The van der Waals surface area contributed by atoms with Gasteiger partial charge in [-0.3, -0.25) is 76.6 Å². The molecule has 49 heteroatoms. The largest absolute Gasteiger partial charge is 0.369 e. The highest BCUT2D eigenvalue weighted by atomic mass is 31.2. The monoisotopic (exact) mass is 1850 g/mol. The molecule has 0 radical (unpaired) electrons. The highest BCUT2D eigenvalue weighted by Gasteiger charge is 2.33. The number of carbonyl (C=O) groups is 4. The number of rotatable bonds is 44. The number of imidazole rings is 4. The zero-order valence-electron chi connectivity index (χ0n) is 71.8. The highest BCUT2D eigenvalue weighted by Crippen LogP contribution is 2.47. The van der Waals surface area contributed by atoms with Crippen LogP contribution in [0.25, 0.3) is 49.5 Å². The van der Waals surface area contributed by atoms with Crippen LogP contribution in [-0.2, 0) is 127 Å². The molecule has 7 unspecified atom stereocenters. The van der Waals surface area contributed by atoms with E-state index in [-0.39, 0.29) is 154 Å². The van der Waals surface area contributed by atoms with Crippen molar-refractivity contribution < 1.29 is 74.5 Å². The molecule has 16 N–H and O–H groups in total. The lowest BCUT2D eigenvalue weighted by molar-refractivity contribution is -0.119. The van der Waals surface area contributed by atoms with Gasteiger partial charge >= 0.3 is 0 Å². The minimum Gasteiger partial charge on any atom is -0.369 e. The lowest BCUT2D eigenvalue weighted by Crippen LogP contribution is -2.32. The number of aryl methyl sites for hydroxylation is 2. The van der Waals surface area contributed by atoms with E-state index < -0.39 is 76.5 Å². The number of Topliss-reactive ketones (excluding diaryl/α,β-unsaturated/α-hetero) is 4. The van der Waals surface area contributed by atoms with Crippen molar-refractivity contribution in [3.05, 3.63) is 215 Å². The number of hydrogen-bond acceptors (Lipinski definition) is 32. The Balaban J connectivity index is 0.000000193. The van der Waals surface area contributed by atoms with Crippen LogP contribution in [0, 0.1) is 20.4 Å². The molecule has 0 fully saturated rings. The quantitative estimate of drug-likeness (QED) is 0.00984. The fraction of sp³-hybridized carbons (Fsp3) is 0.380. The fourth-order valence-electron chi connectivity index (χ4n) is 11.2. The summed E-state index contributed by atoms with van der Waals surface area (Å²) in [4.78, 5) is 139. The maximum Gasteiger partial charge on any atom is 0.295 e. The van der Waals surface area contributed by atoms with Crippen LogP contribution in [0.1, 0.15) is 88.8 Å². The van der Waals surface area contributed by atoms with Crippen LogP contribution in [0.2, 0.25) is 0 Å². The third-order valence-electron chi connectivity index (χ3n) is 18.8. The molecule has 0 spiro atoms. The number of nitrogens with one attached hydrogen (secondary N) is 8. The molecule has 8 aromatic heterocycles. The summed E-state index contributed by atoms with van der Waals surface area (Å²) in [6.07, 6.45) is 4.82. The van der Waals surface area contributed by atoms with Crippen LogP contribution in [0.5, 0.6) is 0 Å². The highest BCUT2D eigenvalue weighted by molar-refractivity contribution is 7.57. The third-order valence-corrected chi connectivity index (χ3v) is 26.2. The smallest absolute Gasteiger partial charge is 0.295 e.